The average molecular weight is 1050 g/mol. The van der Waals surface area contributed by atoms with Gasteiger partial charge in [-0.2, -0.15) is 8.42 Å². The molecule has 1 fully saturated rings. The molecule has 13 nitrogen and oxygen atoms in total. The van der Waals surface area contributed by atoms with Crippen LogP contribution in [0.3, 0.4) is 0 Å². The molecule has 0 aromatic heterocycles. The summed E-state index contributed by atoms with van der Waals surface area (Å²) in [6, 6.07) is 6.59. The summed E-state index contributed by atoms with van der Waals surface area (Å²) in [6.45, 7) is 18.6. The third-order valence-corrected chi connectivity index (χ3v) is 14.4. The number of hydrogen-bond acceptors (Lipinski definition) is 13. The number of ketones is 1. The highest BCUT2D eigenvalue weighted by Gasteiger charge is 2.44. The number of unbranched alkanes of at least 4 members (excludes halogenated alkanes) is 10. The molecule has 2 aliphatic carbocycles. The van der Waals surface area contributed by atoms with Crippen molar-refractivity contribution < 1.29 is 60.5 Å². The molecule has 1 N–H and O–H groups in total. The molecule has 1 aromatic rings. The molecule has 2 unspecified atom stereocenters. The Labute approximate surface area is 442 Å². The van der Waals surface area contributed by atoms with Gasteiger partial charge in [-0.15, -0.1) is 0 Å². The molecule has 3 rings (SSSR count). The SMILES string of the molecule is CCCCCCCOCCOCC[C@@H]1C(C/C=C\CCCC(=O)OC(C)C)[C@@H](O)C[C@H]1OS(=O)(=O)c1ccc(C)cc1.CCCCCCCOCCOCC[C@H]1C=CC(=O)C1C/C=C\CCCC(=O)OC(C)C. The number of carbonyl (C=O) groups excluding carboxylic acids is 3. The van der Waals surface area contributed by atoms with Crippen LogP contribution >= 0.6 is 0 Å². The molecule has 0 spiro atoms. The largest absolute Gasteiger partial charge is 0.463 e. The second-order valence-corrected chi connectivity index (χ2v) is 21.8. The number of rotatable bonds is 41. The number of aliphatic hydroxyl groups excluding tert-OH is 1. The summed E-state index contributed by atoms with van der Waals surface area (Å²) in [5.41, 5.74) is 0.962. The first-order valence-electron chi connectivity index (χ1n) is 28.1. The van der Waals surface area contributed by atoms with Crippen LogP contribution in [0.5, 0.6) is 0 Å². The first-order valence-corrected chi connectivity index (χ1v) is 29.5. The summed E-state index contributed by atoms with van der Waals surface area (Å²) in [7, 11) is -3.98. The van der Waals surface area contributed by atoms with Gasteiger partial charge in [0.2, 0.25) is 0 Å². The van der Waals surface area contributed by atoms with Crippen LogP contribution in [-0.2, 0) is 57.1 Å². The number of aliphatic hydroxyl groups is 1. The minimum absolute atomic E-state index is 0.0186. The van der Waals surface area contributed by atoms with Gasteiger partial charge in [-0.05, 0) is 135 Å². The average Bonchev–Trinajstić information content (AvgIpc) is 3.84. The lowest BCUT2D eigenvalue weighted by atomic mass is 9.88. The van der Waals surface area contributed by atoms with E-state index in [-0.39, 0.29) is 64.9 Å². The molecular weight excluding hydrogens is 949 g/mol. The van der Waals surface area contributed by atoms with Crippen molar-refractivity contribution in [1.82, 2.24) is 0 Å². The molecule has 0 amide bonds. The maximum atomic E-state index is 13.1. The Bertz CT molecular complexity index is 1790. The van der Waals surface area contributed by atoms with Crippen molar-refractivity contribution >= 4 is 27.8 Å². The van der Waals surface area contributed by atoms with Crippen molar-refractivity contribution in [2.45, 2.75) is 213 Å². The second kappa shape index (κ2) is 41.0. The third kappa shape index (κ3) is 31.4. The third-order valence-electron chi connectivity index (χ3n) is 13.0. The zero-order chi connectivity index (χ0) is 53.5. The number of hydrogen-bond donors (Lipinski definition) is 1. The van der Waals surface area contributed by atoms with Gasteiger partial charge in [0.25, 0.3) is 10.1 Å². The number of allylic oxidation sites excluding steroid dienone is 6. The molecule has 0 heterocycles. The Morgan fingerprint density at radius 3 is 1.64 bits per heavy atom. The van der Waals surface area contributed by atoms with Gasteiger partial charge in [-0.3, -0.25) is 18.6 Å². The van der Waals surface area contributed by atoms with E-state index >= 15 is 0 Å². The quantitative estimate of drug-likeness (QED) is 0.0285. The Morgan fingerprint density at radius 2 is 1.12 bits per heavy atom. The highest BCUT2D eigenvalue weighted by atomic mass is 32.2. The van der Waals surface area contributed by atoms with Crippen LogP contribution in [-0.4, -0.2) is 109 Å². The molecule has 0 radical (unpaired) electrons. The smallest absolute Gasteiger partial charge is 0.306 e. The zero-order valence-corrected chi connectivity index (χ0v) is 47.0. The van der Waals surface area contributed by atoms with Crippen molar-refractivity contribution in [3.8, 4) is 0 Å². The zero-order valence-electron chi connectivity index (χ0n) is 46.2. The van der Waals surface area contributed by atoms with Crippen LogP contribution in [0.15, 0.2) is 65.6 Å². The molecule has 1 saturated carbocycles. The van der Waals surface area contributed by atoms with Gasteiger partial charge < -0.3 is 33.5 Å². The summed E-state index contributed by atoms with van der Waals surface area (Å²) >= 11 is 0. The van der Waals surface area contributed by atoms with Gasteiger partial charge >= 0.3 is 11.9 Å². The van der Waals surface area contributed by atoms with Gasteiger partial charge in [-0.1, -0.05) is 113 Å². The van der Waals surface area contributed by atoms with E-state index in [1.807, 2.05) is 52.8 Å². The fourth-order valence-corrected chi connectivity index (χ4v) is 10.1. The molecule has 14 heteroatoms. The lowest BCUT2D eigenvalue weighted by Gasteiger charge is -2.24. The Balaban J connectivity index is 0.000000524. The summed E-state index contributed by atoms with van der Waals surface area (Å²) in [5.74, 6) is -0.212. The van der Waals surface area contributed by atoms with Crippen LogP contribution in [0.4, 0.5) is 0 Å². The summed E-state index contributed by atoms with van der Waals surface area (Å²) < 4.78 is 65.0. The Hall–Kier alpha value is -3.24. The van der Waals surface area contributed by atoms with E-state index in [4.69, 9.17) is 32.6 Å². The predicted octanol–water partition coefficient (Wildman–Crippen LogP) is 12.3. The van der Waals surface area contributed by atoms with E-state index in [1.54, 1.807) is 30.3 Å². The molecule has 418 valence electrons. The van der Waals surface area contributed by atoms with Gasteiger partial charge in [0, 0.05) is 51.6 Å². The number of aryl methyl sites for hydroxylation is 1. The summed E-state index contributed by atoms with van der Waals surface area (Å²) in [6.07, 6.45) is 29.5. The fraction of sp³-hybridized carbons (Fsp3) is 0.746. The molecule has 73 heavy (non-hydrogen) atoms. The van der Waals surface area contributed by atoms with Gasteiger partial charge in [0.15, 0.2) is 5.78 Å². The van der Waals surface area contributed by atoms with E-state index < -0.39 is 22.3 Å². The van der Waals surface area contributed by atoms with E-state index in [1.165, 1.54) is 51.4 Å². The number of carbonyl (C=O) groups is 3. The number of ether oxygens (including phenoxy) is 6. The fourth-order valence-electron chi connectivity index (χ4n) is 8.99. The summed E-state index contributed by atoms with van der Waals surface area (Å²) in [4.78, 5) is 35.5. The van der Waals surface area contributed by atoms with Crippen LogP contribution < -0.4 is 0 Å². The van der Waals surface area contributed by atoms with Crippen molar-refractivity contribution in [3.63, 3.8) is 0 Å². The van der Waals surface area contributed by atoms with Crippen LogP contribution in [0.2, 0.25) is 0 Å². The Kier molecular flexibility index (Phi) is 37.0. The highest BCUT2D eigenvalue weighted by molar-refractivity contribution is 7.86. The van der Waals surface area contributed by atoms with E-state index in [0.29, 0.717) is 71.7 Å². The molecule has 0 saturated heterocycles. The Morgan fingerprint density at radius 1 is 0.630 bits per heavy atom. The van der Waals surface area contributed by atoms with Gasteiger partial charge in [0.1, 0.15) is 0 Å². The van der Waals surface area contributed by atoms with Crippen LogP contribution in [0, 0.1) is 30.6 Å². The molecule has 2 aliphatic rings. The number of esters is 2. The molecular formula is C59H98O13S. The monoisotopic (exact) mass is 1050 g/mol. The second-order valence-electron chi connectivity index (χ2n) is 20.2. The summed E-state index contributed by atoms with van der Waals surface area (Å²) in [5, 5.41) is 10.9. The van der Waals surface area contributed by atoms with E-state index in [0.717, 1.165) is 63.7 Å². The van der Waals surface area contributed by atoms with Crippen molar-refractivity contribution in [2.75, 3.05) is 52.9 Å². The predicted molar refractivity (Wildman–Crippen MR) is 290 cm³/mol. The molecule has 6 atom stereocenters. The minimum atomic E-state index is -3.98. The number of benzene rings is 1. The van der Waals surface area contributed by atoms with Crippen LogP contribution in [0.25, 0.3) is 0 Å². The van der Waals surface area contributed by atoms with Crippen molar-refractivity contribution in [3.05, 3.63) is 66.3 Å². The van der Waals surface area contributed by atoms with Crippen LogP contribution in [0.1, 0.15) is 182 Å². The van der Waals surface area contributed by atoms with Crippen molar-refractivity contribution in [1.29, 1.82) is 0 Å². The minimum Gasteiger partial charge on any atom is -0.463 e. The topological polar surface area (TPSA) is 170 Å². The lowest BCUT2D eigenvalue weighted by Crippen LogP contribution is -2.27. The standard InChI is InChI=1S/C33H54O8S.C26H44O5/c1-5-6-7-10-13-21-38-23-24-39-22-20-30-29(14-11-8-9-12-15-33(35)40-26(2)3)31(34)25-32(30)41-42(36,37)28-18-16-27(4)17-19-28;1-4-5-6-9-12-18-29-20-21-30-19-17-23-15-16-25(27)24(23)13-10-7-8-11-14-26(28)31-22(2)3/h8,11,16-19,26,29-32,34H,5-7,9-10,12-15,20-25H2,1-4H3;7,10,15-16,22-24H,4-6,8-9,11-14,17-21H2,1-3H3/b11-8-;10-7-/t29?,30-,31+,32-;23-,24?/m11/s1. The molecule has 0 aliphatic heterocycles. The van der Waals surface area contributed by atoms with E-state index in [2.05, 4.69) is 26.0 Å². The van der Waals surface area contributed by atoms with Gasteiger partial charge in [0.05, 0.1) is 55.7 Å². The first-order chi connectivity index (χ1) is 35.2. The maximum Gasteiger partial charge on any atom is 0.306 e. The van der Waals surface area contributed by atoms with E-state index in [9.17, 15) is 27.9 Å². The normalized spacial score (nSPS) is 19.9. The lowest BCUT2D eigenvalue weighted by molar-refractivity contribution is -0.148. The molecule has 1 aromatic carbocycles. The highest BCUT2D eigenvalue weighted by Crippen LogP contribution is 2.40. The maximum absolute atomic E-state index is 13.1. The molecule has 0 bridgehead atoms. The first kappa shape index (κ1) is 65.9. The van der Waals surface area contributed by atoms with Gasteiger partial charge in [-0.25, -0.2) is 0 Å². The van der Waals surface area contributed by atoms with Crippen molar-refractivity contribution in [2.24, 2.45) is 23.7 Å².